The van der Waals surface area contributed by atoms with Crippen LogP contribution in [0.2, 0.25) is 0 Å². The molecule has 3 nitrogen and oxygen atoms in total. The predicted molar refractivity (Wildman–Crippen MR) is 117 cm³/mol. The van der Waals surface area contributed by atoms with Crippen LogP contribution in [0.1, 0.15) is 54.9 Å². The summed E-state index contributed by atoms with van der Waals surface area (Å²) < 4.78 is 6.26. The zero-order valence-corrected chi connectivity index (χ0v) is 17.9. The van der Waals surface area contributed by atoms with Gasteiger partial charge in [-0.05, 0) is 61.7 Å². The van der Waals surface area contributed by atoms with Crippen LogP contribution in [0, 0.1) is 0 Å². The Hall–Kier alpha value is -2.20. The molecule has 144 valence electrons. The topological polar surface area (TPSA) is 38.7 Å². The van der Waals surface area contributed by atoms with Crippen LogP contribution in [0.5, 0.6) is 5.75 Å². The van der Waals surface area contributed by atoms with Gasteiger partial charge >= 0.3 is 0 Å². The Balaban J connectivity index is 1.81. The molecule has 0 aromatic heterocycles. The Bertz CT molecular complexity index is 949. The van der Waals surface area contributed by atoms with Gasteiger partial charge in [-0.3, -0.25) is 9.79 Å². The fourth-order valence-electron chi connectivity index (χ4n) is 4.37. The Labute approximate surface area is 174 Å². The molecule has 28 heavy (non-hydrogen) atoms. The third kappa shape index (κ3) is 3.35. The Morgan fingerprint density at radius 3 is 2.25 bits per heavy atom. The minimum absolute atomic E-state index is 0.0456. The van der Waals surface area contributed by atoms with E-state index in [1.807, 2.05) is 48.5 Å². The maximum atomic E-state index is 13.5. The number of ether oxygens (including phenoxy) is 1. The molecule has 2 aromatic rings. The number of hydrogen-bond donors (Lipinski definition) is 0. The van der Waals surface area contributed by atoms with Gasteiger partial charge in [0.25, 0.3) is 0 Å². The first-order chi connectivity index (χ1) is 13.5. The molecule has 2 aliphatic rings. The van der Waals surface area contributed by atoms with Crippen LogP contribution in [0.4, 0.5) is 0 Å². The first kappa shape index (κ1) is 19.1. The summed E-state index contributed by atoms with van der Waals surface area (Å²) in [6.07, 6.45) is 5.63. The van der Waals surface area contributed by atoms with Crippen molar-refractivity contribution >= 4 is 27.4 Å². The number of halogens is 1. The smallest absolute Gasteiger partial charge is 0.195 e. The van der Waals surface area contributed by atoms with Crippen molar-refractivity contribution in [1.29, 1.82) is 0 Å². The van der Waals surface area contributed by atoms with Crippen molar-refractivity contribution in [2.75, 3.05) is 7.11 Å². The van der Waals surface area contributed by atoms with Crippen molar-refractivity contribution in [3.05, 3.63) is 75.3 Å². The van der Waals surface area contributed by atoms with E-state index in [1.165, 1.54) is 19.3 Å². The monoisotopic (exact) mass is 437 g/mol. The first-order valence-corrected chi connectivity index (χ1v) is 10.6. The largest absolute Gasteiger partial charge is 0.497 e. The van der Waals surface area contributed by atoms with E-state index in [0.717, 1.165) is 45.5 Å². The van der Waals surface area contributed by atoms with Crippen molar-refractivity contribution in [3.63, 3.8) is 0 Å². The molecule has 1 fully saturated rings. The van der Waals surface area contributed by atoms with Crippen molar-refractivity contribution in [2.24, 2.45) is 4.99 Å². The van der Waals surface area contributed by atoms with Gasteiger partial charge in [0, 0.05) is 21.2 Å². The highest BCUT2D eigenvalue weighted by Gasteiger charge is 2.42. The zero-order valence-electron chi connectivity index (χ0n) is 16.3. The number of ketones is 1. The summed E-state index contributed by atoms with van der Waals surface area (Å²) in [6.45, 7) is 2.11. The highest BCUT2D eigenvalue weighted by atomic mass is 79.9. The van der Waals surface area contributed by atoms with Crippen LogP contribution < -0.4 is 4.74 Å². The lowest BCUT2D eigenvalue weighted by atomic mass is 9.76. The van der Waals surface area contributed by atoms with E-state index in [1.54, 1.807) is 7.11 Å². The summed E-state index contributed by atoms with van der Waals surface area (Å²) in [7, 11) is 1.63. The second-order valence-electron chi connectivity index (χ2n) is 7.62. The minimum Gasteiger partial charge on any atom is -0.497 e. The molecule has 4 rings (SSSR count). The lowest BCUT2D eigenvalue weighted by Gasteiger charge is -2.32. The quantitative estimate of drug-likeness (QED) is 0.536. The van der Waals surface area contributed by atoms with E-state index in [0.29, 0.717) is 5.56 Å². The van der Waals surface area contributed by atoms with Crippen molar-refractivity contribution < 1.29 is 9.53 Å². The predicted octanol–water partition coefficient (Wildman–Crippen LogP) is 6.16. The summed E-state index contributed by atoms with van der Waals surface area (Å²) in [6, 6.07) is 15.5. The van der Waals surface area contributed by atoms with Gasteiger partial charge in [0.15, 0.2) is 5.78 Å². The van der Waals surface area contributed by atoms with Gasteiger partial charge in [0.2, 0.25) is 0 Å². The van der Waals surface area contributed by atoms with Crippen LogP contribution in [0.3, 0.4) is 0 Å². The SMILES string of the molecule is COc1ccc(C(=O)C2=C(C)C3(CCCCC3)N=C2c2ccc(Br)cc2)cc1. The van der Waals surface area contributed by atoms with E-state index in [4.69, 9.17) is 9.73 Å². The van der Waals surface area contributed by atoms with E-state index in [9.17, 15) is 4.79 Å². The molecule has 1 aliphatic heterocycles. The molecule has 1 aliphatic carbocycles. The number of allylic oxidation sites excluding steroid dienone is 1. The lowest BCUT2D eigenvalue weighted by molar-refractivity contribution is 0.103. The number of methoxy groups -OCH3 is 1. The molecule has 4 heteroatoms. The first-order valence-electron chi connectivity index (χ1n) is 9.80. The van der Waals surface area contributed by atoms with E-state index in [2.05, 4.69) is 22.9 Å². The summed E-state index contributed by atoms with van der Waals surface area (Å²) in [5.41, 5.74) is 4.21. The molecule has 0 unspecified atom stereocenters. The molecule has 1 spiro atoms. The number of Topliss-reactive ketones (excluding diaryl/α,β-unsaturated/α-hetero) is 1. The van der Waals surface area contributed by atoms with Crippen LogP contribution in [-0.4, -0.2) is 24.1 Å². The van der Waals surface area contributed by atoms with E-state index >= 15 is 0 Å². The molecule has 0 atom stereocenters. The number of nitrogens with zero attached hydrogens (tertiary/aromatic N) is 1. The number of benzene rings is 2. The molecule has 0 bridgehead atoms. The molecule has 1 saturated carbocycles. The van der Waals surface area contributed by atoms with E-state index < -0.39 is 0 Å². The zero-order chi connectivity index (χ0) is 19.7. The summed E-state index contributed by atoms with van der Waals surface area (Å²) >= 11 is 3.50. The highest BCUT2D eigenvalue weighted by Crippen LogP contribution is 2.45. The standard InChI is InChI=1S/C24H24BrNO2/c1-16-21(23(27)18-8-12-20(28-2)13-9-18)22(17-6-10-19(25)11-7-17)26-24(16)14-4-3-5-15-24/h6-13H,3-5,14-15H2,1-2H3. The van der Waals surface area contributed by atoms with Gasteiger partial charge in [-0.2, -0.15) is 0 Å². The van der Waals surface area contributed by atoms with Gasteiger partial charge in [0.05, 0.1) is 18.4 Å². The molecule has 0 saturated heterocycles. The Kier molecular flexibility index (Phi) is 5.24. The maximum Gasteiger partial charge on any atom is 0.195 e. The maximum absolute atomic E-state index is 13.5. The van der Waals surface area contributed by atoms with Gasteiger partial charge in [-0.1, -0.05) is 47.3 Å². The van der Waals surface area contributed by atoms with Crippen LogP contribution in [0.15, 0.2) is 69.1 Å². The van der Waals surface area contributed by atoms with Crippen molar-refractivity contribution in [3.8, 4) is 5.75 Å². The molecular weight excluding hydrogens is 414 g/mol. The number of rotatable bonds is 4. The summed E-state index contributed by atoms with van der Waals surface area (Å²) in [4.78, 5) is 18.7. The third-order valence-electron chi connectivity index (χ3n) is 6.01. The van der Waals surface area contributed by atoms with Crippen LogP contribution >= 0.6 is 15.9 Å². The average Bonchev–Trinajstić information content (AvgIpc) is 3.00. The Morgan fingerprint density at radius 1 is 1.00 bits per heavy atom. The van der Waals surface area contributed by atoms with Crippen molar-refractivity contribution in [2.45, 2.75) is 44.6 Å². The molecule has 2 aromatic carbocycles. The second kappa shape index (κ2) is 7.67. The van der Waals surface area contributed by atoms with Crippen molar-refractivity contribution in [1.82, 2.24) is 0 Å². The van der Waals surface area contributed by atoms with Gasteiger partial charge in [-0.15, -0.1) is 0 Å². The average molecular weight is 438 g/mol. The number of carbonyl (C=O) groups is 1. The summed E-state index contributed by atoms with van der Waals surface area (Å²) in [5.74, 6) is 0.795. The van der Waals surface area contributed by atoms with E-state index in [-0.39, 0.29) is 11.3 Å². The van der Waals surface area contributed by atoms with Crippen LogP contribution in [0.25, 0.3) is 0 Å². The van der Waals surface area contributed by atoms with Gasteiger partial charge < -0.3 is 4.74 Å². The number of carbonyl (C=O) groups excluding carboxylic acids is 1. The van der Waals surface area contributed by atoms with Gasteiger partial charge in [-0.25, -0.2) is 0 Å². The van der Waals surface area contributed by atoms with Gasteiger partial charge in [0.1, 0.15) is 5.75 Å². The molecule has 1 heterocycles. The summed E-state index contributed by atoms with van der Waals surface area (Å²) in [5, 5.41) is 0. The third-order valence-corrected chi connectivity index (χ3v) is 6.54. The lowest BCUT2D eigenvalue weighted by Crippen LogP contribution is -2.29. The molecular formula is C24H24BrNO2. The van der Waals surface area contributed by atoms with Crippen LogP contribution in [-0.2, 0) is 0 Å². The number of hydrogen-bond acceptors (Lipinski definition) is 3. The second-order valence-corrected chi connectivity index (χ2v) is 8.53. The fourth-order valence-corrected chi connectivity index (χ4v) is 4.63. The molecule has 0 N–H and O–H groups in total. The minimum atomic E-state index is -0.210. The fraction of sp³-hybridized carbons (Fsp3) is 0.333. The molecule has 0 amide bonds. The highest BCUT2D eigenvalue weighted by molar-refractivity contribution is 9.10. The Morgan fingerprint density at radius 2 is 1.64 bits per heavy atom. The molecule has 0 radical (unpaired) electrons. The number of aliphatic imine (C=N–C) groups is 1. The normalized spacial score (nSPS) is 18.3.